The van der Waals surface area contributed by atoms with Gasteiger partial charge in [-0.15, -0.1) is 10.2 Å². The molecule has 0 aliphatic rings. The van der Waals surface area contributed by atoms with Crippen molar-refractivity contribution in [1.82, 2.24) is 14.8 Å². The van der Waals surface area contributed by atoms with Crippen molar-refractivity contribution in [2.24, 2.45) is 0 Å². The molecule has 0 N–H and O–H groups in total. The minimum Gasteiger partial charge on any atom is -0.306 e. The second-order valence-electron chi connectivity index (χ2n) is 4.80. The molecule has 1 heterocycles. The molecular weight excluding hydrogens is 268 g/mol. The van der Waals surface area contributed by atoms with Gasteiger partial charge in [0, 0.05) is 18.2 Å². The standard InChI is InChI=1S/C15H18N4S/c1-4-19-14(11(2)3)17-18-15(19)20-10-13-8-6-5-7-12(13)9-16/h5-8,11H,4,10H2,1-3H3. The van der Waals surface area contributed by atoms with Gasteiger partial charge in [-0.2, -0.15) is 5.26 Å². The molecule has 5 heteroatoms. The van der Waals surface area contributed by atoms with E-state index < -0.39 is 0 Å². The first-order chi connectivity index (χ1) is 9.67. The zero-order chi connectivity index (χ0) is 14.5. The van der Waals surface area contributed by atoms with Crippen LogP contribution in [0.5, 0.6) is 0 Å². The van der Waals surface area contributed by atoms with Gasteiger partial charge in [-0.05, 0) is 18.6 Å². The van der Waals surface area contributed by atoms with Crippen molar-refractivity contribution in [1.29, 1.82) is 5.26 Å². The molecule has 0 radical (unpaired) electrons. The van der Waals surface area contributed by atoms with E-state index in [1.54, 1.807) is 11.8 Å². The molecule has 4 nitrogen and oxygen atoms in total. The predicted octanol–water partition coefficient (Wildman–Crippen LogP) is 3.59. The summed E-state index contributed by atoms with van der Waals surface area (Å²) >= 11 is 1.63. The fourth-order valence-electron chi connectivity index (χ4n) is 2.03. The van der Waals surface area contributed by atoms with Gasteiger partial charge < -0.3 is 4.57 Å². The average Bonchev–Trinajstić information content (AvgIpc) is 2.88. The number of hydrogen-bond donors (Lipinski definition) is 0. The average molecular weight is 286 g/mol. The highest BCUT2D eigenvalue weighted by Crippen LogP contribution is 2.25. The molecule has 0 spiro atoms. The summed E-state index contributed by atoms with van der Waals surface area (Å²) in [5, 5.41) is 18.6. The van der Waals surface area contributed by atoms with Gasteiger partial charge in [0.2, 0.25) is 0 Å². The van der Waals surface area contributed by atoms with Crippen LogP contribution in [0, 0.1) is 11.3 Å². The highest BCUT2D eigenvalue weighted by molar-refractivity contribution is 7.98. The third-order valence-corrected chi connectivity index (χ3v) is 4.09. The number of benzene rings is 1. The van der Waals surface area contributed by atoms with Gasteiger partial charge in [0.05, 0.1) is 11.6 Å². The van der Waals surface area contributed by atoms with Gasteiger partial charge >= 0.3 is 0 Å². The third kappa shape index (κ3) is 3.02. The Morgan fingerprint density at radius 1 is 1.30 bits per heavy atom. The summed E-state index contributed by atoms with van der Waals surface area (Å²) in [4.78, 5) is 0. The van der Waals surface area contributed by atoms with E-state index in [-0.39, 0.29) is 0 Å². The maximum atomic E-state index is 9.10. The summed E-state index contributed by atoms with van der Waals surface area (Å²) in [6.07, 6.45) is 0. The number of nitrogens with zero attached hydrogens (tertiary/aromatic N) is 4. The van der Waals surface area contributed by atoms with Gasteiger partial charge in [-0.1, -0.05) is 43.8 Å². The first kappa shape index (κ1) is 14.6. The van der Waals surface area contributed by atoms with Crippen LogP contribution < -0.4 is 0 Å². The Morgan fingerprint density at radius 3 is 2.70 bits per heavy atom. The Hall–Kier alpha value is -1.80. The van der Waals surface area contributed by atoms with Crippen molar-refractivity contribution in [2.45, 2.75) is 44.1 Å². The molecule has 0 fully saturated rings. The van der Waals surface area contributed by atoms with E-state index in [1.807, 2.05) is 24.3 Å². The van der Waals surface area contributed by atoms with E-state index >= 15 is 0 Å². The molecule has 0 unspecified atom stereocenters. The number of nitriles is 1. The van der Waals surface area contributed by atoms with E-state index in [2.05, 4.69) is 41.6 Å². The topological polar surface area (TPSA) is 54.5 Å². The first-order valence-corrected chi connectivity index (χ1v) is 7.69. The fraction of sp³-hybridized carbons (Fsp3) is 0.400. The van der Waals surface area contributed by atoms with Gasteiger partial charge in [0.25, 0.3) is 0 Å². The van der Waals surface area contributed by atoms with Crippen LogP contribution >= 0.6 is 11.8 Å². The van der Waals surface area contributed by atoms with E-state index in [0.29, 0.717) is 5.92 Å². The lowest BCUT2D eigenvalue weighted by molar-refractivity contribution is 0.613. The molecule has 1 aromatic heterocycles. The van der Waals surface area contributed by atoms with Crippen LogP contribution in [-0.2, 0) is 12.3 Å². The quantitative estimate of drug-likeness (QED) is 0.788. The Morgan fingerprint density at radius 2 is 2.05 bits per heavy atom. The van der Waals surface area contributed by atoms with Gasteiger partial charge in [0.1, 0.15) is 5.82 Å². The molecule has 0 bridgehead atoms. The van der Waals surface area contributed by atoms with Gasteiger partial charge in [-0.3, -0.25) is 0 Å². The fourth-order valence-corrected chi connectivity index (χ4v) is 3.04. The lowest BCUT2D eigenvalue weighted by Crippen LogP contribution is -2.04. The van der Waals surface area contributed by atoms with Crippen LogP contribution in [0.2, 0.25) is 0 Å². The summed E-state index contributed by atoms with van der Waals surface area (Å²) in [5.74, 6) is 2.12. The zero-order valence-corrected chi connectivity index (χ0v) is 12.8. The maximum absolute atomic E-state index is 9.10. The normalized spacial score (nSPS) is 10.8. The summed E-state index contributed by atoms with van der Waals surface area (Å²) in [6.45, 7) is 7.20. The Labute approximate surface area is 123 Å². The van der Waals surface area contributed by atoms with Crippen molar-refractivity contribution in [3.8, 4) is 6.07 Å². The predicted molar refractivity (Wildman–Crippen MR) is 80.5 cm³/mol. The van der Waals surface area contributed by atoms with Crippen LogP contribution in [0.15, 0.2) is 29.4 Å². The second kappa shape index (κ2) is 6.58. The number of aromatic nitrogens is 3. The summed E-state index contributed by atoms with van der Waals surface area (Å²) in [6, 6.07) is 9.91. The van der Waals surface area contributed by atoms with E-state index in [4.69, 9.17) is 5.26 Å². The van der Waals surface area contributed by atoms with Crippen LogP contribution in [0.25, 0.3) is 0 Å². The summed E-state index contributed by atoms with van der Waals surface area (Å²) < 4.78 is 2.14. The highest BCUT2D eigenvalue weighted by Gasteiger charge is 2.14. The first-order valence-electron chi connectivity index (χ1n) is 6.71. The maximum Gasteiger partial charge on any atom is 0.191 e. The summed E-state index contributed by atoms with van der Waals surface area (Å²) in [7, 11) is 0. The van der Waals surface area contributed by atoms with Crippen molar-refractivity contribution in [2.75, 3.05) is 0 Å². The van der Waals surface area contributed by atoms with E-state index in [0.717, 1.165) is 34.4 Å². The molecule has 0 atom stereocenters. The van der Waals surface area contributed by atoms with Crippen molar-refractivity contribution in [3.05, 3.63) is 41.2 Å². The second-order valence-corrected chi connectivity index (χ2v) is 5.74. The van der Waals surface area contributed by atoms with Crippen molar-refractivity contribution in [3.63, 3.8) is 0 Å². The number of hydrogen-bond acceptors (Lipinski definition) is 4. The molecule has 0 amide bonds. The minimum absolute atomic E-state index is 0.364. The summed E-state index contributed by atoms with van der Waals surface area (Å²) in [5.41, 5.74) is 1.77. The third-order valence-electron chi connectivity index (χ3n) is 3.07. The van der Waals surface area contributed by atoms with Crippen LogP contribution in [0.3, 0.4) is 0 Å². The molecule has 2 rings (SSSR count). The zero-order valence-electron chi connectivity index (χ0n) is 12.0. The molecule has 20 heavy (non-hydrogen) atoms. The van der Waals surface area contributed by atoms with Gasteiger partial charge in [0.15, 0.2) is 5.16 Å². The molecule has 0 aliphatic carbocycles. The molecule has 104 valence electrons. The molecule has 0 aliphatic heterocycles. The van der Waals surface area contributed by atoms with E-state index in [1.165, 1.54) is 0 Å². The lowest BCUT2D eigenvalue weighted by Gasteiger charge is -2.09. The van der Waals surface area contributed by atoms with Crippen molar-refractivity contribution < 1.29 is 0 Å². The highest BCUT2D eigenvalue weighted by atomic mass is 32.2. The molecular formula is C15H18N4S. The Balaban J connectivity index is 2.17. The minimum atomic E-state index is 0.364. The Kier molecular flexibility index (Phi) is 4.80. The van der Waals surface area contributed by atoms with Crippen LogP contribution in [0.4, 0.5) is 0 Å². The molecule has 1 aromatic carbocycles. The number of thioether (sulfide) groups is 1. The smallest absolute Gasteiger partial charge is 0.191 e. The number of rotatable bonds is 5. The van der Waals surface area contributed by atoms with Gasteiger partial charge in [-0.25, -0.2) is 0 Å². The SMILES string of the molecule is CCn1c(SCc2ccccc2C#N)nnc1C(C)C. The monoisotopic (exact) mass is 286 g/mol. The van der Waals surface area contributed by atoms with Crippen molar-refractivity contribution >= 4 is 11.8 Å². The van der Waals surface area contributed by atoms with Crippen LogP contribution in [-0.4, -0.2) is 14.8 Å². The largest absolute Gasteiger partial charge is 0.306 e. The van der Waals surface area contributed by atoms with E-state index in [9.17, 15) is 0 Å². The molecule has 0 saturated carbocycles. The molecule has 0 saturated heterocycles. The van der Waals surface area contributed by atoms with Crippen LogP contribution in [0.1, 0.15) is 43.6 Å². The Bertz CT molecular complexity index is 625. The lowest BCUT2D eigenvalue weighted by atomic mass is 10.1. The molecule has 2 aromatic rings.